The number of benzene rings is 3. The van der Waals surface area contributed by atoms with E-state index in [9.17, 15) is 5.11 Å². The maximum atomic E-state index is 11.1. The van der Waals surface area contributed by atoms with E-state index in [2.05, 4.69) is 83.8 Å². The zero-order valence-electron chi connectivity index (χ0n) is 18.3. The van der Waals surface area contributed by atoms with Gasteiger partial charge in [0.05, 0.1) is 6.10 Å². The zero-order valence-corrected chi connectivity index (χ0v) is 18.3. The molecule has 0 bridgehead atoms. The average Bonchev–Trinajstić information content (AvgIpc) is 2.85. The number of aliphatic hydroxyl groups is 1. The van der Waals surface area contributed by atoms with Crippen molar-refractivity contribution in [3.8, 4) is 11.1 Å². The molecule has 0 aromatic heterocycles. The van der Waals surface area contributed by atoms with Crippen LogP contribution in [0.2, 0.25) is 0 Å². The average molecular weight is 412 g/mol. The van der Waals surface area contributed by atoms with E-state index in [-0.39, 0.29) is 6.10 Å². The normalized spacial score (nSPS) is 22.2. The largest absolute Gasteiger partial charge is 0.388 e. The van der Waals surface area contributed by atoms with Crippen LogP contribution in [0.5, 0.6) is 0 Å². The number of aliphatic hydroxyl groups excluding tert-OH is 1. The lowest BCUT2D eigenvalue weighted by Crippen LogP contribution is -2.35. The number of nitrogens with zero attached hydrogens (tertiary/aromatic N) is 1. The van der Waals surface area contributed by atoms with E-state index in [0.29, 0.717) is 11.8 Å². The maximum absolute atomic E-state index is 11.1. The smallest absolute Gasteiger partial charge is 0.0821 e. The molecule has 31 heavy (non-hydrogen) atoms. The Morgan fingerprint density at radius 1 is 0.774 bits per heavy atom. The van der Waals surface area contributed by atoms with Gasteiger partial charge in [0.1, 0.15) is 0 Å². The first-order valence-electron chi connectivity index (χ1n) is 11.9. The SMILES string of the molecule is O[C@H]1c2ccc(-c3ccccc3)cc2CC[C@@H]1CCN1CCC(c2ccccc2)CC1. The van der Waals surface area contributed by atoms with E-state index in [0.717, 1.165) is 31.4 Å². The van der Waals surface area contributed by atoms with Crippen LogP contribution in [0, 0.1) is 5.92 Å². The van der Waals surface area contributed by atoms with E-state index < -0.39 is 0 Å². The quantitative estimate of drug-likeness (QED) is 0.539. The van der Waals surface area contributed by atoms with Gasteiger partial charge in [0, 0.05) is 0 Å². The highest BCUT2D eigenvalue weighted by Crippen LogP contribution is 2.38. The highest BCUT2D eigenvalue weighted by atomic mass is 16.3. The molecule has 1 fully saturated rings. The van der Waals surface area contributed by atoms with Crippen molar-refractivity contribution < 1.29 is 5.11 Å². The van der Waals surface area contributed by atoms with Gasteiger partial charge in [0.2, 0.25) is 0 Å². The van der Waals surface area contributed by atoms with Gasteiger partial charge in [-0.05, 0) is 91.4 Å². The number of piperidine rings is 1. The minimum atomic E-state index is -0.324. The molecule has 0 radical (unpaired) electrons. The maximum Gasteiger partial charge on any atom is 0.0821 e. The Labute approximate surface area is 186 Å². The highest BCUT2D eigenvalue weighted by molar-refractivity contribution is 5.65. The van der Waals surface area contributed by atoms with Gasteiger partial charge in [-0.15, -0.1) is 0 Å². The molecule has 0 spiro atoms. The number of rotatable bonds is 5. The Hall–Kier alpha value is -2.42. The van der Waals surface area contributed by atoms with Crippen LogP contribution in [0.4, 0.5) is 0 Å². The Kier molecular flexibility index (Phi) is 6.20. The van der Waals surface area contributed by atoms with Crippen LogP contribution in [-0.4, -0.2) is 29.6 Å². The molecule has 0 amide bonds. The van der Waals surface area contributed by atoms with E-state index in [1.807, 2.05) is 0 Å². The van der Waals surface area contributed by atoms with E-state index in [1.54, 1.807) is 0 Å². The lowest BCUT2D eigenvalue weighted by Gasteiger charge is -2.35. The van der Waals surface area contributed by atoms with Gasteiger partial charge in [-0.3, -0.25) is 0 Å². The van der Waals surface area contributed by atoms with Crippen molar-refractivity contribution in [3.63, 3.8) is 0 Å². The molecule has 1 heterocycles. The van der Waals surface area contributed by atoms with E-state index in [1.165, 1.54) is 48.2 Å². The molecule has 1 saturated heterocycles. The zero-order chi connectivity index (χ0) is 21.0. The van der Waals surface area contributed by atoms with Crippen LogP contribution in [0.15, 0.2) is 78.9 Å². The summed E-state index contributed by atoms with van der Waals surface area (Å²) in [5, 5.41) is 11.1. The van der Waals surface area contributed by atoms with Crippen molar-refractivity contribution in [2.24, 2.45) is 5.92 Å². The van der Waals surface area contributed by atoms with Crippen LogP contribution in [0.25, 0.3) is 11.1 Å². The van der Waals surface area contributed by atoms with Gasteiger partial charge in [0.15, 0.2) is 0 Å². The van der Waals surface area contributed by atoms with Gasteiger partial charge in [-0.1, -0.05) is 78.9 Å². The van der Waals surface area contributed by atoms with Gasteiger partial charge >= 0.3 is 0 Å². The molecule has 2 atom stereocenters. The van der Waals surface area contributed by atoms with Crippen LogP contribution in [0.3, 0.4) is 0 Å². The molecule has 3 aromatic rings. The minimum Gasteiger partial charge on any atom is -0.388 e. The third-order valence-electron chi connectivity index (χ3n) is 7.47. The molecular formula is C29H33NO. The van der Waals surface area contributed by atoms with Crippen molar-refractivity contribution in [3.05, 3.63) is 95.6 Å². The molecule has 1 aliphatic heterocycles. The number of likely N-dealkylation sites (tertiary alicyclic amines) is 1. The summed E-state index contributed by atoms with van der Waals surface area (Å²) >= 11 is 0. The molecular weight excluding hydrogens is 378 g/mol. The summed E-state index contributed by atoms with van der Waals surface area (Å²) < 4.78 is 0. The third-order valence-corrected chi connectivity index (χ3v) is 7.47. The van der Waals surface area contributed by atoms with Crippen molar-refractivity contribution >= 4 is 0 Å². The fraction of sp³-hybridized carbons (Fsp3) is 0.379. The second-order valence-corrected chi connectivity index (χ2v) is 9.34. The fourth-order valence-electron chi connectivity index (χ4n) is 5.54. The first kappa shape index (κ1) is 20.5. The molecule has 0 unspecified atom stereocenters. The van der Waals surface area contributed by atoms with Crippen LogP contribution >= 0.6 is 0 Å². The number of hydrogen-bond donors (Lipinski definition) is 1. The number of aryl methyl sites for hydroxylation is 1. The Morgan fingerprint density at radius 3 is 2.23 bits per heavy atom. The van der Waals surface area contributed by atoms with Gasteiger partial charge in [-0.2, -0.15) is 0 Å². The second kappa shape index (κ2) is 9.38. The predicted molar refractivity (Wildman–Crippen MR) is 128 cm³/mol. The summed E-state index contributed by atoms with van der Waals surface area (Å²) in [5.41, 5.74) is 6.48. The molecule has 2 aliphatic rings. The summed E-state index contributed by atoms with van der Waals surface area (Å²) in [6.45, 7) is 3.47. The third kappa shape index (κ3) is 4.61. The molecule has 3 aromatic carbocycles. The van der Waals surface area contributed by atoms with Crippen molar-refractivity contribution in [1.82, 2.24) is 4.90 Å². The first-order chi connectivity index (χ1) is 15.3. The lowest BCUT2D eigenvalue weighted by atomic mass is 9.78. The van der Waals surface area contributed by atoms with E-state index >= 15 is 0 Å². The van der Waals surface area contributed by atoms with Gasteiger partial charge in [0.25, 0.3) is 0 Å². The molecule has 2 heteroatoms. The van der Waals surface area contributed by atoms with Crippen LogP contribution < -0.4 is 0 Å². The Bertz CT molecular complexity index is 976. The van der Waals surface area contributed by atoms with Crippen molar-refractivity contribution in [2.75, 3.05) is 19.6 Å². The number of hydrogen-bond acceptors (Lipinski definition) is 2. The second-order valence-electron chi connectivity index (χ2n) is 9.34. The fourth-order valence-corrected chi connectivity index (χ4v) is 5.54. The van der Waals surface area contributed by atoms with Gasteiger partial charge < -0.3 is 10.0 Å². The Balaban J connectivity index is 1.16. The number of fused-ring (bicyclic) bond motifs is 1. The minimum absolute atomic E-state index is 0.324. The summed E-state index contributed by atoms with van der Waals surface area (Å²) in [7, 11) is 0. The Morgan fingerprint density at radius 2 is 1.48 bits per heavy atom. The summed E-state index contributed by atoms with van der Waals surface area (Å²) in [4.78, 5) is 2.61. The standard InChI is InChI=1S/C29H33NO/c31-29-25(17-20-30-18-15-24(16-19-30)22-7-3-1-4-8-22)11-12-27-21-26(13-14-28(27)29)23-9-5-2-6-10-23/h1-10,13-14,21,24-25,29,31H,11-12,15-20H2/t25-,29-/m1/s1. The topological polar surface area (TPSA) is 23.5 Å². The molecule has 160 valence electrons. The summed E-state index contributed by atoms with van der Waals surface area (Å²) in [5.74, 6) is 1.09. The van der Waals surface area contributed by atoms with Gasteiger partial charge in [-0.25, -0.2) is 0 Å². The lowest BCUT2D eigenvalue weighted by molar-refractivity contribution is 0.0772. The molecule has 1 aliphatic carbocycles. The summed E-state index contributed by atoms with van der Waals surface area (Å²) in [6, 6.07) is 28.2. The van der Waals surface area contributed by atoms with Crippen LogP contribution in [-0.2, 0) is 6.42 Å². The van der Waals surface area contributed by atoms with Crippen LogP contribution in [0.1, 0.15) is 54.4 Å². The molecule has 1 N–H and O–H groups in total. The monoisotopic (exact) mass is 411 g/mol. The van der Waals surface area contributed by atoms with Crippen molar-refractivity contribution in [2.45, 2.75) is 44.1 Å². The first-order valence-corrected chi connectivity index (χ1v) is 11.9. The molecule has 5 rings (SSSR count). The molecule has 2 nitrogen and oxygen atoms in total. The van der Waals surface area contributed by atoms with E-state index in [4.69, 9.17) is 0 Å². The predicted octanol–water partition coefficient (Wildman–Crippen LogP) is 6.22. The highest BCUT2D eigenvalue weighted by Gasteiger charge is 2.29. The summed E-state index contributed by atoms with van der Waals surface area (Å²) in [6.07, 6.45) is 5.44. The van der Waals surface area contributed by atoms with Crippen molar-refractivity contribution in [1.29, 1.82) is 0 Å². The molecule has 0 saturated carbocycles.